The number of nitriles is 1. The number of sulfonamides is 3. The monoisotopic (exact) mass is 1090 g/mol. The summed E-state index contributed by atoms with van der Waals surface area (Å²) in [6.45, 7) is 17.4. The fourth-order valence-corrected chi connectivity index (χ4v) is 11.6. The second kappa shape index (κ2) is 21.4. The Morgan fingerprint density at radius 3 is 2.07 bits per heavy atom. The number of rotatable bonds is 17. The van der Waals surface area contributed by atoms with Crippen molar-refractivity contribution in [1.82, 2.24) is 4.98 Å². The average Bonchev–Trinajstić information content (AvgIpc) is 3.95. The Morgan fingerprint density at radius 1 is 0.838 bits per heavy atom. The van der Waals surface area contributed by atoms with Crippen molar-refractivity contribution >= 4 is 111 Å². The van der Waals surface area contributed by atoms with Gasteiger partial charge in [-0.25, -0.2) is 35.0 Å². The Balaban J connectivity index is 1.27. The summed E-state index contributed by atoms with van der Waals surface area (Å²) in [5.41, 5.74) is 1.93. The van der Waals surface area contributed by atoms with E-state index in [1.54, 1.807) is 45.0 Å². The van der Waals surface area contributed by atoms with Crippen LogP contribution in [0.4, 0.5) is 33.2 Å². The predicted octanol–water partition coefficient (Wildman–Crippen LogP) is 10.6. The van der Waals surface area contributed by atoms with Crippen LogP contribution in [0.5, 0.6) is 0 Å². The molecule has 2 amide bonds. The molecule has 1 saturated carbocycles. The molecule has 4 aromatic carbocycles. The van der Waals surface area contributed by atoms with E-state index in [2.05, 4.69) is 60.2 Å². The predicted molar refractivity (Wildman–Crippen MR) is 290 cm³/mol. The van der Waals surface area contributed by atoms with Gasteiger partial charge in [0.2, 0.25) is 32.0 Å². The Bertz CT molecular complexity index is 3440. The summed E-state index contributed by atoms with van der Waals surface area (Å²) in [7, 11) is -12.6. The normalized spacial score (nSPS) is 14.5. The number of hydrogen-bond donors (Lipinski definition) is 4. The number of aryl methyl sites for hydroxylation is 1. The van der Waals surface area contributed by atoms with Crippen molar-refractivity contribution in [3.8, 4) is 6.07 Å². The maximum absolute atomic E-state index is 14.5. The number of carbonyl (C=O) groups excluding carboxylic acids is 3. The average molecular weight is 1090 g/mol. The number of halogens is 1. The second-order valence-corrected chi connectivity index (χ2v) is 27.0. The molecule has 1 aliphatic rings. The van der Waals surface area contributed by atoms with Gasteiger partial charge in [-0.3, -0.25) is 28.7 Å². The molecule has 74 heavy (non-hydrogen) atoms. The van der Waals surface area contributed by atoms with Gasteiger partial charge >= 0.3 is 6.09 Å². The molecule has 18 nitrogen and oxygen atoms in total. The molecule has 0 saturated heterocycles. The van der Waals surface area contributed by atoms with Gasteiger partial charge in [0.1, 0.15) is 22.1 Å². The fraction of sp³-hybridized carbons (Fsp3) is 0.404. The minimum Gasteiger partial charge on any atom is -0.435 e. The van der Waals surface area contributed by atoms with E-state index in [0.29, 0.717) is 40.8 Å². The minimum absolute atomic E-state index is 0.0956. The largest absolute Gasteiger partial charge is 0.435 e. The highest BCUT2D eigenvalue weighted by molar-refractivity contribution is 7.93. The SMILES string of the molecule is Cc1cc(N(C(=O)OC(C(=O)Nc2cc(NS(=O)(=O)c3cc(NS(C)(=O)=O)ccc3NS(C)(=O)=O)ccc2Cl)C(=O)C(C)(C)C)C2CCCC2)ccc1/C=C(\C#N)c1nc2cc(C(C)(C)CC(C)(C)C)ccc2o1. The smallest absolute Gasteiger partial charge is 0.415 e. The van der Waals surface area contributed by atoms with Crippen molar-refractivity contribution < 1.29 is 48.8 Å². The van der Waals surface area contributed by atoms with Gasteiger partial charge in [0.25, 0.3) is 15.9 Å². The van der Waals surface area contributed by atoms with Crippen molar-refractivity contribution in [1.29, 1.82) is 5.26 Å². The van der Waals surface area contributed by atoms with E-state index >= 15 is 0 Å². The number of aromatic nitrogens is 1. The summed E-state index contributed by atoms with van der Waals surface area (Å²) in [6.07, 6.45) is 4.05. The molecule has 0 bridgehead atoms. The number of allylic oxidation sites excluding steroid dienone is 1. The molecular formula is C52H62ClN7O11S3. The van der Waals surface area contributed by atoms with E-state index < -0.39 is 70.0 Å². The van der Waals surface area contributed by atoms with Gasteiger partial charge in [-0.1, -0.05) is 92.0 Å². The lowest BCUT2D eigenvalue weighted by molar-refractivity contribution is -0.142. The third-order valence-corrected chi connectivity index (χ3v) is 14.9. The quantitative estimate of drug-likeness (QED) is 0.0499. The number of ketones is 1. The number of Topliss-reactive ketones (excluding diaryl/α,β-unsaturated/α-hetero) is 1. The highest BCUT2D eigenvalue weighted by atomic mass is 35.5. The Morgan fingerprint density at radius 2 is 1.47 bits per heavy atom. The Hall–Kier alpha value is -6.47. The molecule has 1 atom stereocenters. The number of anilines is 5. The number of fused-ring (bicyclic) bond motifs is 1. The highest BCUT2D eigenvalue weighted by Crippen LogP contribution is 2.39. The van der Waals surface area contributed by atoms with E-state index in [9.17, 15) is 44.9 Å². The number of ether oxygens (including phenoxy) is 1. The molecule has 4 N–H and O–H groups in total. The van der Waals surface area contributed by atoms with Crippen LogP contribution >= 0.6 is 11.6 Å². The van der Waals surface area contributed by atoms with Gasteiger partial charge in [0.15, 0.2) is 11.4 Å². The molecule has 6 rings (SSSR count). The third-order valence-electron chi connectivity index (χ3n) is 12.0. The van der Waals surface area contributed by atoms with E-state index in [1.807, 2.05) is 25.1 Å². The van der Waals surface area contributed by atoms with Gasteiger partial charge in [-0.05, 0) is 120 Å². The number of hydrogen-bond acceptors (Lipinski definition) is 13. The lowest BCUT2D eigenvalue weighted by Crippen LogP contribution is -2.48. The molecule has 396 valence electrons. The number of nitrogens with zero attached hydrogens (tertiary/aromatic N) is 3. The minimum atomic E-state index is -4.72. The summed E-state index contributed by atoms with van der Waals surface area (Å²) < 4.78 is 94.4. The topological polar surface area (TPSA) is 264 Å². The van der Waals surface area contributed by atoms with Crippen LogP contribution in [0.15, 0.2) is 82.1 Å². The molecule has 0 radical (unpaired) electrons. The molecule has 1 unspecified atom stereocenters. The molecule has 1 heterocycles. The van der Waals surface area contributed by atoms with Crippen LogP contribution in [0.3, 0.4) is 0 Å². The van der Waals surface area contributed by atoms with Crippen LogP contribution < -0.4 is 24.4 Å². The standard InChI is InChI=1S/C52H62ClN7O11S3/c1-31-24-38(20-16-32(31)25-33(29-54)48-56-42-26-34(17-23-43(42)70-48)52(8,9)30-50(2,3)4)60(37-14-12-13-15-37)49(63)71-45(46(61)51(5,6)7)47(62)55-41-27-35(18-21-39(41)53)58-74(68,69)44-28-36(57-72(10,64)65)19-22-40(44)59-73(11,66)67/h16-28,37,45,57-59H,12-15,30H2,1-11H3,(H,55,62)/b33-25+. The lowest BCUT2D eigenvalue weighted by atomic mass is 9.72. The van der Waals surface area contributed by atoms with Gasteiger partial charge in [0, 0.05) is 22.8 Å². The molecule has 0 spiro atoms. The first kappa shape index (κ1) is 56.8. The first-order chi connectivity index (χ1) is 34.1. The van der Waals surface area contributed by atoms with Crippen molar-refractivity contribution in [2.24, 2.45) is 10.8 Å². The molecule has 1 fully saturated rings. The zero-order valence-corrected chi connectivity index (χ0v) is 46.3. The Kier molecular flexibility index (Phi) is 16.4. The van der Waals surface area contributed by atoms with E-state index in [1.165, 1.54) is 17.0 Å². The van der Waals surface area contributed by atoms with Crippen LogP contribution in [0, 0.1) is 29.1 Å². The van der Waals surface area contributed by atoms with Crippen molar-refractivity contribution in [2.45, 2.75) is 117 Å². The van der Waals surface area contributed by atoms with Crippen molar-refractivity contribution in [3.63, 3.8) is 0 Å². The Labute approximate surface area is 438 Å². The van der Waals surface area contributed by atoms with Crippen molar-refractivity contribution in [3.05, 3.63) is 100 Å². The van der Waals surface area contributed by atoms with Gasteiger partial charge in [0.05, 0.1) is 34.6 Å². The van der Waals surface area contributed by atoms with Crippen molar-refractivity contribution in [2.75, 3.05) is 36.9 Å². The van der Waals surface area contributed by atoms with Gasteiger partial charge in [-0.15, -0.1) is 0 Å². The van der Waals surface area contributed by atoms with Crippen LogP contribution in [0.2, 0.25) is 5.02 Å². The lowest BCUT2D eigenvalue weighted by Gasteiger charge is -2.32. The fourth-order valence-electron chi connectivity index (χ4n) is 8.96. The summed E-state index contributed by atoms with van der Waals surface area (Å²) in [5, 5.41) is 12.7. The number of carbonyl (C=O) groups is 3. The zero-order chi connectivity index (χ0) is 54.9. The first-order valence-electron chi connectivity index (χ1n) is 23.5. The van der Waals surface area contributed by atoms with Crippen LogP contribution in [-0.4, -0.2) is 72.7 Å². The second-order valence-electron chi connectivity index (χ2n) is 21.5. The molecule has 5 aromatic rings. The summed E-state index contributed by atoms with van der Waals surface area (Å²) >= 11 is 6.50. The molecule has 22 heteroatoms. The van der Waals surface area contributed by atoms with Crippen LogP contribution in [0.1, 0.15) is 110 Å². The third kappa shape index (κ3) is 14.4. The molecule has 1 aliphatic carbocycles. The molecular weight excluding hydrogens is 1030 g/mol. The molecule has 1 aromatic heterocycles. The zero-order valence-electron chi connectivity index (χ0n) is 43.1. The number of amides is 2. The summed E-state index contributed by atoms with van der Waals surface area (Å²) in [4.78, 5) is 48.3. The van der Waals surface area contributed by atoms with Crippen LogP contribution in [0.25, 0.3) is 22.7 Å². The maximum Gasteiger partial charge on any atom is 0.415 e. The number of oxazole rings is 1. The molecule has 0 aliphatic heterocycles. The number of nitrogens with one attached hydrogen (secondary N) is 4. The van der Waals surface area contributed by atoms with Crippen LogP contribution in [-0.2, 0) is 49.8 Å². The number of benzene rings is 4. The van der Waals surface area contributed by atoms with Gasteiger partial charge in [-0.2, -0.15) is 5.26 Å². The first-order valence-corrected chi connectivity index (χ1v) is 29.2. The van der Waals surface area contributed by atoms with E-state index in [4.69, 9.17) is 25.7 Å². The van der Waals surface area contributed by atoms with E-state index in [-0.39, 0.29) is 50.4 Å². The maximum atomic E-state index is 14.5. The highest BCUT2D eigenvalue weighted by Gasteiger charge is 2.41. The summed E-state index contributed by atoms with van der Waals surface area (Å²) in [5.74, 6) is -1.71. The summed E-state index contributed by atoms with van der Waals surface area (Å²) in [6, 6.07) is 19.7. The van der Waals surface area contributed by atoms with E-state index in [0.717, 1.165) is 61.6 Å². The van der Waals surface area contributed by atoms with Gasteiger partial charge < -0.3 is 14.5 Å².